The van der Waals surface area contributed by atoms with Crippen molar-refractivity contribution < 1.29 is 17.7 Å². The fraction of sp³-hybridized carbons (Fsp3) is 0.250. The number of sulfonamides is 1. The number of benzene rings is 2. The van der Waals surface area contributed by atoms with Crippen molar-refractivity contribution in [1.82, 2.24) is 9.62 Å². The molecule has 2 N–H and O–H groups in total. The predicted molar refractivity (Wildman–Crippen MR) is 94.4 cm³/mol. The van der Waals surface area contributed by atoms with E-state index in [2.05, 4.69) is 10.6 Å². The second kappa shape index (κ2) is 7.36. The number of nitro groups is 1. The third-order valence-corrected chi connectivity index (χ3v) is 5.95. The Bertz CT molecular complexity index is 930. The highest BCUT2D eigenvalue weighted by atomic mass is 32.2. The van der Waals surface area contributed by atoms with Crippen LogP contribution < -0.4 is 10.6 Å². The summed E-state index contributed by atoms with van der Waals surface area (Å²) in [5, 5.41) is 16.9. The number of halogens is 1. The van der Waals surface area contributed by atoms with E-state index in [1.165, 1.54) is 34.6 Å². The van der Waals surface area contributed by atoms with E-state index < -0.39 is 20.8 Å². The molecule has 1 heterocycles. The van der Waals surface area contributed by atoms with Crippen molar-refractivity contribution in [2.45, 2.75) is 4.90 Å². The highest BCUT2D eigenvalue weighted by Crippen LogP contribution is 2.32. The average Bonchev–Trinajstić information content (AvgIpc) is 2.64. The Kier molecular flexibility index (Phi) is 5.16. The lowest BCUT2D eigenvalue weighted by Crippen LogP contribution is -2.46. The monoisotopic (exact) mass is 380 g/mol. The van der Waals surface area contributed by atoms with E-state index in [-0.39, 0.29) is 35.0 Å². The Morgan fingerprint density at radius 2 is 1.81 bits per heavy atom. The Morgan fingerprint density at radius 3 is 2.46 bits per heavy atom. The van der Waals surface area contributed by atoms with E-state index >= 15 is 0 Å². The molecule has 0 spiro atoms. The van der Waals surface area contributed by atoms with Crippen LogP contribution in [0.15, 0.2) is 47.4 Å². The van der Waals surface area contributed by atoms with Gasteiger partial charge in [0.05, 0.1) is 16.3 Å². The molecule has 1 aliphatic heterocycles. The van der Waals surface area contributed by atoms with Crippen LogP contribution in [0.4, 0.5) is 21.5 Å². The molecule has 0 saturated carbocycles. The maximum atomic E-state index is 13.9. The SMILES string of the molecule is O=[N+]([O-])c1ccc(Nc2ccccc2F)c(S(=O)(=O)N2CCNCC2)c1. The van der Waals surface area contributed by atoms with Crippen molar-refractivity contribution in [3.8, 4) is 0 Å². The first-order valence-electron chi connectivity index (χ1n) is 7.90. The Hall–Kier alpha value is -2.56. The number of nitrogens with zero attached hydrogens (tertiary/aromatic N) is 2. The maximum Gasteiger partial charge on any atom is 0.270 e. The van der Waals surface area contributed by atoms with Gasteiger partial charge in [0, 0.05) is 38.3 Å². The Morgan fingerprint density at radius 1 is 1.12 bits per heavy atom. The summed E-state index contributed by atoms with van der Waals surface area (Å²) in [4.78, 5) is 10.2. The summed E-state index contributed by atoms with van der Waals surface area (Å²) < 4.78 is 41.2. The number of piperazine rings is 1. The number of nitro benzene ring substituents is 1. The van der Waals surface area contributed by atoms with Gasteiger partial charge in [0.2, 0.25) is 10.0 Å². The van der Waals surface area contributed by atoms with Gasteiger partial charge in [-0.2, -0.15) is 4.31 Å². The quantitative estimate of drug-likeness (QED) is 0.608. The molecule has 2 aromatic carbocycles. The molecule has 2 aromatic rings. The van der Waals surface area contributed by atoms with E-state index in [9.17, 15) is 22.9 Å². The smallest absolute Gasteiger partial charge is 0.270 e. The van der Waals surface area contributed by atoms with Gasteiger partial charge in [-0.1, -0.05) is 12.1 Å². The van der Waals surface area contributed by atoms with Gasteiger partial charge >= 0.3 is 0 Å². The summed E-state index contributed by atoms with van der Waals surface area (Å²) >= 11 is 0. The third-order valence-electron chi connectivity index (χ3n) is 4.01. The van der Waals surface area contributed by atoms with Crippen LogP contribution in [0.1, 0.15) is 0 Å². The molecule has 0 radical (unpaired) electrons. The van der Waals surface area contributed by atoms with E-state index in [1.807, 2.05) is 0 Å². The zero-order valence-electron chi connectivity index (χ0n) is 13.7. The molecular weight excluding hydrogens is 363 g/mol. The predicted octanol–water partition coefficient (Wildman–Crippen LogP) is 2.07. The van der Waals surface area contributed by atoms with E-state index in [4.69, 9.17) is 0 Å². The summed E-state index contributed by atoms with van der Waals surface area (Å²) in [7, 11) is -3.98. The minimum atomic E-state index is -3.98. The molecule has 0 unspecified atom stereocenters. The molecule has 0 aromatic heterocycles. The number of anilines is 2. The largest absolute Gasteiger partial charge is 0.352 e. The minimum Gasteiger partial charge on any atom is -0.352 e. The average molecular weight is 380 g/mol. The number of hydrogen-bond donors (Lipinski definition) is 2. The number of nitrogens with one attached hydrogen (secondary N) is 2. The molecule has 138 valence electrons. The molecule has 0 aliphatic carbocycles. The topological polar surface area (TPSA) is 105 Å². The van der Waals surface area contributed by atoms with Gasteiger partial charge in [0.1, 0.15) is 10.7 Å². The maximum absolute atomic E-state index is 13.9. The first-order chi connectivity index (χ1) is 12.4. The highest BCUT2D eigenvalue weighted by Gasteiger charge is 2.30. The van der Waals surface area contributed by atoms with Crippen LogP contribution in [0.3, 0.4) is 0 Å². The molecule has 10 heteroatoms. The van der Waals surface area contributed by atoms with Gasteiger partial charge in [-0.3, -0.25) is 10.1 Å². The highest BCUT2D eigenvalue weighted by molar-refractivity contribution is 7.89. The van der Waals surface area contributed by atoms with Crippen molar-refractivity contribution >= 4 is 27.1 Å². The van der Waals surface area contributed by atoms with Gasteiger partial charge in [-0.25, -0.2) is 12.8 Å². The first-order valence-corrected chi connectivity index (χ1v) is 9.34. The van der Waals surface area contributed by atoms with Crippen molar-refractivity contribution in [3.63, 3.8) is 0 Å². The van der Waals surface area contributed by atoms with E-state index in [1.54, 1.807) is 6.07 Å². The second-order valence-electron chi connectivity index (χ2n) is 5.70. The molecular formula is C16H17FN4O4S. The van der Waals surface area contributed by atoms with Gasteiger partial charge < -0.3 is 10.6 Å². The number of non-ortho nitro benzene ring substituents is 1. The van der Waals surface area contributed by atoms with Crippen LogP contribution in [0.5, 0.6) is 0 Å². The van der Waals surface area contributed by atoms with Gasteiger partial charge in [-0.15, -0.1) is 0 Å². The molecule has 1 aliphatic rings. The number of para-hydroxylation sites is 1. The van der Waals surface area contributed by atoms with Crippen molar-refractivity contribution in [3.05, 3.63) is 58.4 Å². The molecule has 1 saturated heterocycles. The molecule has 0 bridgehead atoms. The Labute approximate surface area is 149 Å². The summed E-state index contributed by atoms with van der Waals surface area (Å²) in [6.07, 6.45) is 0. The third kappa shape index (κ3) is 3.66. The molecule has 1 fully saturated rings. The molecule has 3 rings (SSSR count). The van der Waals surface area contributed by atoms with E-state index in [0.29, 0.717) is 13.1 Å². The van der Waals surface area contributed by atoms with Crippen molar-refractivity contribution in [2.75, 3.05) is 31.5 Å². The zero-order chi connectivity index (χ0) is 18.7. The number of rotatable bonds is 5. The van der Waals surface area contributed by atoms with Crippen LogP contribution in [-0.2, 0) is 10.0 Å². The normalized spacial score (nSPS) is 15.6. The van der Waals surface area contributed by atoms with E-state index in [0.717, 1.165) is 6.07 Å². The minimum absolute atomic E-state index is 0.0816. The standard InChI is InChI=1S/C16H17FN4O4S/c17-13-3-1-2-4-14(13)19-15-6-5-12(21(22)23)11-16(15)26(24,25)20-9-7-18-8-10-20/h1-6,11,18-19H,7-10H2. The lowest BCUT2D eigenvalue weighted by Gasteiger charge is -2.27. The zero-order valence-corrected chi connectivity index (χ0v) is 14.5. The summed E-state index contributed by atoms with van der Waals surface area (Å²) in [5.74, 6) is -0.559. The number of hydrogen-bond acceptors (Lipinski definition) is 6. The molecule has 8 nitrogen and oxygen atoms in total. The fourth-order valence-electron chi connectivity index (χ4n) is 2.67. The lowest BCUT2D eigenvalue weighted by molar-refractivity contribution is -0.385. The molecule has 0 atom stereocenters. The van der Waals surface area contributed by atoms with Gasteiger partial charge in [0.25, 0.3) is 5.69 Å². The van der Waals surface area contributed by atoms with Crippen LogP contribution in [0.25, 0.3) is 0 Å². The van der Waals surface area contributed by atoms with Crippen LogP contribution >= 0.6 is 0 Å². The lowest BCUT2D eigenvalue weighted by atomic mass is 10.2. The molecule has 0 amide bonds. The summed E-state index contributed by atoms with van der Waals surface area (Å²) in [6, 6.07) is 9.26. The van der Waals surface area contributed by atoms with Gasteiger partial charge in [0.15, 0.2) is 0 Å². The Balaban J connectivity index is 2.07. The summed E-state index contributed by atoms with van der Waals surface area (Å²) in [6.45, 7) is 1.49. The first kappa shape index (κ1) is 18.2. The van der Waals surface area contributed by atoms with Gasteiger partial charge in [-0.05, 0) is 18.2 Å². The molecule has 26 heavy (non-hydrogen) atoms. The van der Waals surface area contributed by atoms with Crippen LogP contribution in [0.2, 0.25) is 0 Å². The second-order valence-corrected chi connectivity index (χ2v) is 7.60. The van der Waals surface area contributed by atoms with Crippen LogP contribution in [-0.4, -0.2) is 43.8 Å². The van der Waals surface area contributed by atoms with Crippen LogP contribution in [0, 0.1) is 15.9 Å². The van der Waals surface area contributed by atoms with Crippen molar-refractivity contribution in [2.24, 2.45) is 0 Å². The fourth-order valence-corrected chi connectivity index (χ4v) is 4.28. The summed E-state index contributed by atoms with van der Waals surface area (Å²) in [5.41, 5.74) is -0.185. The van der Waals surface area contributed by atoms with Crippen molar-refractivity contribution in [1.29, 1.82) is 0 Å².